The summed E-state index contributed by atoms with van der Waals surface area (Å²) in [6.07, 6.45) is 2.75. The van der Waals surface area contributed by atoms with Crippen molar-refractivity contribution in [3.63, 3.8) is 0 Å². The Kier molecular flexibility index (Phi) is 5.51. The van der Waals surface area contributed by atoms with Crippen LogP contribution in [-0.2, 0) is 14.3 Å². The first-order chi connectivity index (χ1) is 9.16. The third-order valence-corrected chi connectivity index (χ3v) is 4.81. The predicted octanol–water partition coefficient (Wildman–Crippen LogP) is 1.22. The molecule has 108 valence electrons. The molecule has 5 nitrogen and oxygen atoms in total. The van der Waals surface area contributed by atoms with Crippen LogP contribution in [0.1, 0.15) is 25.7 Å². The minimum absolute atomic E-state index is 0.0216. The SMILES string of the molecule is O=C(O)CC1COCCN1C(=O)CC1CCSCC1. The van der Waals surface area contributed by atoms with Gasteiger partial charge in [0.25, 0.3) is 0 Å². The maximum Gasteiger partial charge on any atom is 0.305 e. The summed E-state index contributed by atoms with van der Waals surface area (Å²) in [6.45, 7) is 1.39. The molecule has 0 aromatic rings. The van der Waals surface area contributed by atoms with Crippen LogP contribution in [0.25, 0.3) is 0 Å². The van der Waals surface area contributed by atoms with E-state index >= 15 is 0 Å². The number of rotatable bonds is 4. The van der Waals surface area contributed by atoms with Gasteiger partial charge in [-0.3, -0.25) is 9.59 Å². The number of ether oxygens (including phenoxy) is 1. The maximum atomic E-state index is 12.3. The number of carboxylic acid groups (broad SMARTS) is 1. The van der Waals surface area contributed by atoms with E-state index in [0.29, 0.717) is 32.1 Å². The van der Waals surface area contributed by atoms with Crippen molar-refractivity contribution in [2.75, 3.05) is 31.3 Å². The Morgan fingerprint density at radius 3 is 2.68 bits per heavy atom. The van der Waals surface area contributed by atoms with Gasteiger partial charge in [0, 0.05) is 13.0 Å². The highest BCUT2D eigenvalue weighted by molar-refractivity contribution is 7.99. The fourth-order valence-electron chi connectivity index (χ4n) is 2.67. The number of carbonyl (C=O) groups excluding carboxylic acids is 1. The highest BCUT2D eigenvalue weighted by atomic mass is 32.2. The van der Waals surface area contributed by atoms with E-state index in [2.05, 4.69) is 0 Å². The standard InChI is InChI=1S/C13H21NO4S/c15-12(7-10-1-5-19-6-2-10)14-3-4-18-9-11(14)8-13(16)17/h10-11H,1-9H2,(H,16,17). The lowest BCUT2D eigenvalue weighted by Gasteiger charge is -2.36. The van der Waals surface area contributed by atoms with Gasteiger partial charge < -0.3 is 14.7 Å². The van der Waals surface area contributed by atoms with Gasteiger partial charge in [-0.05, 0) is 30.3 Å². The van der Waals surface area contributed by atoms with Gasteiger partial charge in [0.15, 0.2) is 0 Å². The van der Waals surface area contributed by atoms with Gasteiger partial charge in [0.2, 0.25) is 5.91 Å². The van der Waals surface area contributed by atoms with Crippen molar-refractivity contribution in [3.05, 3.63) is 0 Å². The summed E-state index contributed by atoms with van der Waals surface area (Å²) in [4.78, 5) is 24.9. The normalized spacial score (nSPS) is 25.3. The fourth-order valence-corrected chi connectivity index (χ4v) is 3.87. The zero-order valence-electron chi connectivity index (χ0n) is 11.0. The number of amides is 1. The summed E-state index contributed by atoms with van der Waals surface area (Å²) in [6, 6.07) is -0.295. The van der Waals surface area contributed by atoms with Crippen molar-refractivity contribution in [1.82, 2.24) is 4.90 Å². The van der Waals surface area contributed by atoms with Crippen molar-refractivity contribution < 1.29 is 19.4 Å². The van der Waals surface area contributed by atoms with Crippen LogP contribution in [0.4, 0.5) is 0 Å². The minimum Gasteiger partial charge on any atom is -0.481 e. The van der Waals surface area contributed by atoms with Gasteiger partial charge in [-0.25, -0.2) is 0 Å². The molecule has 2 heterocycles. The maximum absolute atomic E-state index is 12.3. The second-order valence-electron chi connectivity index (χ2n) is 5.17. The van der Waals surface area contributed by atoms with Crippen LogP contribution >= 0.6 is 11.8 Å². The van der Waals surface area contributed by atoms with E-state index in [4.69, 9.17) is 9.84 Å². The monoisotopic (exact) mass is 287 g/mol. The number of aliphatic carboxylic acids is 1. The molecule has 0 aromatic heterocycles. The zero-order valence-corrected chi connectivity index (χ0v) is 11.9. The lowest BCUT2D eigenvalue weighted by molar-refractivity contribution is -0.146. The van der Waals surface area contributed by atoms with Gasteiger partial charge in [-0.2, -0.15) is 11.8 Å². The summed E-state index contributed by atoms with van der Waals surface area (Å²) in [7, 11) is 0. The smallest absolute Gasteiger partial charge is 0.305 e. The Hall–Kier alpha value is -0.750. The molecule has 0 aliphatic carbocycles. The number of carbonyl (C=O) groups is 2. The Morgan fingerprint density at radius 2 is 2.00 bits per heavy atom. The van der Waals surface area contributed by atoms with E-state index in [1.807, 2.05) is 11.8 Å². The van der Waals surface area contributed by atoms with Crippen LogP contribution in [0.5, 0.6) is 0 Å². The zero-order chi connectivity index (χ0) is 13.7. The largest absolute Gasteiger partial charge is 0.481 e. The molecule has 0 radical (unpaired) electrons. The van der Waals surface area contributed by atoms with Gasteiger partial charge in [-0.15, -0.1) is 0 Å². The Labute approximate surface area is 117 Å². The van der Waals surface area contributed by atoms with Crippen LogP contribution in [0, 0.1) is 5.92 Å². The molecule has 2 saturated heterocycles. The first-order valence-electron chi connectivity index (χ1n) is 6.83. The first kappa shape index (κ1) is 14.7. The van der Waals surface area contributed by atoms with Crippen LogP contribution in [0.3, 0.4) is 0 Å². The average molecular weight is 287 g/mol. The third kappa shape index (κ3) is 4.38. The lowest BCUT2D eigenvalue weighted by atomic mass is 9.97. The fraction of sp³-hybridized carbons (Fsp3) is 0.846. The lowest BCUT2D eigenvalue weighted by Crippen LogP contribution is -2.50. The van der Waals surface area contributed by atoms with Gasteiger partial charge >= 0.3 is 5.97 Å². The van der Waals surface area contributed by atoms with E-state index in [9.17, 15) is 9.59 Å². The van der Waals surface area contributed by atoms with Crippen molar-refractivity contribution in [1.29, 1.82) is 0 Å². The summed E-state index contributed by atoms with van der Waals surface area (Å²) < 4.78 is 5.29. The molecular weight excluding hydrogens is 266 g/mol. The van der Waals surface area contributed by atoms with E-state index in [0.717, 1.165) is 24.3 Å². The van der Waals surface area contributed by atoms with E-state index in [1.165, 1.54) is 0 Å². The quantitative estimate of drug-likeness (QED) is 0.842. The molecule has 1 N–H and O–H groups in total. The molecule has 0 saturated carbocycles. The topological polar surface area (TPSA) is 66.8 Å². The second-order valence-corrected chi connectivity index (χ2v) is 6.40. The van der Waals surface area contributed by atoms with E-state index in [-0.39, 0.29) is 18.4 Å². The van der Waals surface area contributed by atoms with Gasteiger partial charge in [0.1, 0.15) is 0 Å². The van der Waals surface area contributed by atoms with Crippen LogP contribution in [-0.4, -0.2) is 59.2 Å². The molecular formula is C13H21NO4S. The first-order valence-corrected chi connectivity index (χ1v) is 7.99. The van der Waals surface area contributed by atoms with Gasteiger partial charge in [0.05, 0.1) is 25.7 Å². The average Bonchev–Trinajstić information content (AvgIpc) is 2.39. The molecule has 1 unspecified atom stereocenters. The molecule has 6 heteroatoms. The molecule has 2 fully saturated rings. The van der Waals surface area contributed by atoms with E-state index in [1.54, 1.807) is 4.90 Å². The molecule has 2 rings (SSSR count). The number of morpholine rings is 1. The van der Waals surface area contributed by atoms with Crippen molar-refractivity contribution >= 4 is 23.6 Å². The molecule has 19 heavy (non-hydrogen) atoms. The highest BCUT2D eigenvalue weighted by Crippen LogP contribution is 2.26. The molecule has 2 aliphatic heterocycles. The number of carboxylic acids is 1. The highest BCUT2D eigenvalue weighted by Gasteiger charge is 2.30. The molecule has 1 amide bonds. The Bertz CT molecular complexity index is 331. The Balaban J connectivity index is 1.88. The van der Waals surface area contributed by atoms with Crippen LogP contribution in [0.2, 0.25) is 0 Å². The molecule has 0 aromatic carbocycles. The van der Waals surface area contributed by atoms with Crippen molar-refractivity contribution in [2.45, 2.75) is 31.7 Å². The number of hydrogen-bond donors (Lipinski definition) is 1. The number of nitrogens with zero attached hydrogens (tertiary/aromatic N) is 1. The molecule has 0 spiro atoms. The predicted molar refractivity (Wildman–Crippen MR) is 73.2 cm³/mol. The second kappa shape index (κ2) is 7.14. The summed E-state index contributed by atoms with van der Waals surface area (Å²) >= 11 is 1.95. The van der Waals surface area contributed by atoms with Crippen LogP contribution < -0.4 is 0 Å². The van der Waals surface area contributed by atoms with Gasteiger partial charge in [-0.1, -0.05) is 0 Å². The van der Waals surface area contributed by atoms with E-state index < -0.39 is 5.97 Å². The summed E-state index contributed by atoms with van der Waals surface area (Å²) in [5.41, 5.74) is 0. The molecule has 1 atom stereocenters. The van der Waals surface area contributed by atoms with Crippen molar-refractivity contribution in [2.24, 2.45) is 5.92 Å². The molecule has 2 aliphatic rings. The van der Waals surface area contributed by atoms with Crippen molar-refractivity contribution in [3.8, 4) is 0 Å². The summed E-state index contributed by atoms with van der Waals surface area (Å²) in [5.74, 6) is 1.98. The molecule has 0 bridgehead atoms. The number of thioether (sulfide) groups is 1. The Morgan fingerprint density at radius 1 is 1.26 bits per heavy atom. The minimum atomic E-state index is -0.873. The summed E-state index contributed by atoms with van der Waals surface area (Å²) in [5, 5.41) is 8.89. The number of hydrogen-bond acceptors (Lipinski definition) is 4. The van der Waals surface area contributed by atoms with Crippen LogP contribution in [0.15, 0.2) is 0 Å². The third-order valence-electron chi connectivity index (χ3n) is 3.76.